The molecule has 1 amide bonds. The van der Waals surface area contributed by atoms with Crippen LogP contribution in [0.5, 0.6) is 0 Å². The van der Waals surface area contributed by atoms with E-state index in [1.54, 1.807) is 18.2 Å². The molecular weight excluding hydrogens is 262 g/mol. The highest BCUT2D eigenvalue weighted by Gasteiger charge is 2.07. The third kappa shape index (κ3) is 3.88. The summed E-state index contributed by atoms with van der Waals surface area (Å²) in [7, 11) is 0. The Morgan fingerprint density at radius 2 is 2.37 bits per heavy atom. The number of amides is 1. The normalized spacial score (nSPS) is 9.53. The lowest BCUT2D eigenvalue weighted by Gasteiger charge is -2.01. The van der Waals surface area contributed by atoms with Gasteiger partial charge >= 0.3 is 0 Å². The SMILES string of the molecule is O=C(Nc1cnns1)c1cccc(C#CCCO)c1. The molecule has 0 bridgehead atoms. The number of hydrogen-bond donors (Lipinski definition) is 2. The molecule has 2 aromatic rings. The molecule has 0 saturated heterocycles. The molecule has 0 atom stereocenters. The van der Waals surface area contributed by atoms with Crippen LogP contribution in [-0.2, 0) is 0 Å². The molecule has 0 aliphatic rings. The summed E-state index contributed by atoms with van der Waals surface area (Å²) in [5.74, 6) is 5.48. The number of anilines is 1. The minimum atomic E-state index is -0.225. The van der Waals surface area contributed by atoms with Crippen LogP contribution in [0.4, 0.5) is 5.00 Å². The van der Waals surface area contributed by atoms with Crippen molar-refractivity contribution in [2.75, 3.05) is 11.9 Å². The molecule has 1 heterocycles. The Labute approximate surface area is 114 Å². The van der Waals surface area contributed by atoms with Crippen LogP contribution in [0.1, 0.15) is 22.3 Å². The van der Waals surface area contributed by atoms with Gasteiger partial charge in [0.25, 0.3) is 5.91 Å². The molecule has 0 radical (unpaired) electrons. The molecule has 96 valence electrons. The average Bonchev–Trinajstić information content (AvgIpc) is 2.92. The second-order valence-electron chi connectivity index (χ2n) is 3.59. The second-order valence-corrected chi connectivity index (χ2v) is 4.38. The third-order valence-electron chi connectivity index (χ3n) is 2.19. The van der Waals surface area contributed by atoms with Crippen molar-refractivity contribution in [1.82, 2.24) is 9.59 Å². The summed E-state index contributed by atoms with van der Waals surface area (Å²) in [6.45, 7) is 0.0333. The summed E-state index contributed by atoms with van der Waals surface area (Å²) in [6, 6.07) is 6.99. The highest BCUT2D eigenvalue weighted by Crippen LogP contribution is 2.12. The van der Waals surface area contributed by atoms with E-state index in [1.807, 2.05) is 6.07 Å². The zero-order valence-electron chi connectivity index (χ0n) is 9.96. The van der Waals surface area contributed by atoms with E-state index in [-0.39, 0.29) is 12.5 Å². The fraction of sp³-hybridized carbons (Fsp3) is 0.154. The molecule has 1 aromatic carbocycles. The van der Waals surface area contributed by atoms with Gasteiger partial charge in [0.2, 0.25) is 0 Å². The molecule has 5 nitrogen and oxygen atoms in total. The second kappa shape index (κ2) is 6.64. The maximum Gasteiger partial charge on any atom is 0.256 e. The van der Waals surface area contributed by atoms with Crippen molar-refractivity contribution in [3.63, 3.8) is 0 Å². The molecule has 19 heavy (non-hydrogen) atoms. The van der Waals surface area contributed by atoms with Crippen LogP contribution < -0.4 is 5.32 Å². The number of aliphatic hydroxyl groups excluding tert-OH is 1. The predicted octanol–water partition coefficient (Wildman–Crippen LogP) is 1.52. The molecule has 0 spiro atoms. The molecule has 0 unspecified atom stereocenters. The summed E-state index contributed by atoms with van der Waals surface area (Å²) in [5, 5.41) is 15.6. The molecule has 0 aliphatic carbocycles. The summed E-state index contributed by atoms with van der Waals surface area (Å²) in [5.41, 5.74) is 1.26. The Balaban J connectivity index is 2.10. The largest absolute Gasteiger partial charge is 0.395 e. The van der Waals surface area contributed by atoms with Gasteiger partial charge in [-0.25, -0.2) is 0 Å². The van der Waals surface area contributed by atoms with Crippen molar-refractivity contribution in [1.29, 1.82) is 0 Å². The van der Waals surface area contributed by atoms with Crippen LogP contribution >= 0.6 is 11.5 Å². The van der Waals surface area contributed by atoms with Crippen LogP contribution in [0, 0.1) is 11.8 Å². The molecule has 0 aliphatic heterocycles. The minimum Gasteiger partial charge on any atom is -0.395 e. The lowest BCUT2D eigenvalue weighted by molar-refractivity contribution is 0.102. The van der Waals surface area contributed by atoms with E-state index < -0.39 is 0 Å². The van der Waals surface area contributed by atoms with Gasteiger partial charge in [-0.05, 0) is 18.2 Å². The van der Waals surface area contributed by atoms with Gasteiger partial charge in [0, 0.05) is 29.1 Å². The first-order valence-electron chi connectivity index (χ1n) is 5.58. The average molecular weight is 273 g/mol. The highest BCUT2D eigenvalue weighted by atomic mass is 32.1. The monoisotopic (exact) mass is 273 g/mol. The van der Waals surface area contributed by atoms with Gasteiger partial charge in [-0.1, -0.05) is 22.4 Å². The Morgan fingerprint density at radius 1 is 1.47 bits per heavy atom. The number of aromatic nitrogens is 2. The highest BCUT2D eigenvalue weighted by molar-refractivity contribution is 7.10. The Hall–Kier alpha value is -2.23. The summed E-state index contributed by atoms with van der Waals surface area (Å²) < 4.78 is 3.67. The van der Waals surface area contributed by atoms with E-state index >= 15 is 0 Å². The first-order valence-corrected chi connectivity index (χ1v) is 6.35. The lowest BCUT2D eigenvalue weighted by Crippen LogP contribution is -2.10. The summed E-state index contributed by atoms with van der Waals surface area (Å²) >= 11 is 1.12. The number of carbonyl (C=O) groups is 1. The van der Waals surface area contributed by atoms with E-state index in [9.17, 15) is 4.79 Å². The first kappa shape index (κ1) is 13.2. The van der Waals surface area contributed by atoms with Gasteiger partial charge in [-0.15, -0.1) is 5.10 Å². The van der Waals surface area contributed by atoms with E-state index in [1.165, 1.54) is 6.20 Å². The number of nitrogens with one attached hydrogen (secondary N) is 1. The molecule has 2 N–H and O–H groups in total. The van der Waals surface area contributed by atoms with Gasteiger partial charge in [0.15, 0.2) is 0 Å². The smallest absolute Gasteiger partial charge is 0.256 e. The molecule has 1 aromatic heterocycles. The molecule has 0 fully saturated rings. The third-order valence-corrected chi connectivity index (χ3v) is 2.77. The van der Waals surface area contributed by atoms with Gasteiger partial charge in [0.05, 0.1) is 12.8 Å². The van der Waals surface area contributed by atoms with Gasteiger partial charge in [-0.3, -0.25) is 4.79 Å². The number of benzene rings is 1. The zero-order valence-corrected chi connectivity index (χ0v) is 10.8. The zero-order chi connectivity index (χ0) is 13.5. The van der Waals surface area contributed by atoms with Gasteiger partial charge in [-0.2, -0.15) is 0 Å². The first-order chi connectivity index (χ1) is 9.29. The van der Waals surface area contributed by atoms with Crippen molar-refractivity contribution in [2.45, 2.75) is 6.42 Å². The van der Waals surface area contributed by atoms with Crippen LogP contribution in [0.3, 0.4) is 0 Å². The Kier molecular flexibility index (Phi) is 4.61. The van der Waals surface area contributed by atoms with Crippen molar-refractivity contribution >= 4 is 22.4 Å². The van der Waals surface area contributed by atoms with Crippen LogP contribution in [0.2, 0.25) is 0 Å². The Bertz CT molecular complexity index is 614. The number of nitrogens with zero attached hydrogens (tertiary/aromatic N) is 2. The molecule has 0 saturated carbocycles. The molecule has 2 rings (SSSR count). The topological polar surface area (TPSA) is 75.1 Å². The maximum absolute atomic E-state index is 11.9. The summed E-state index contributed by atoms with van der Waals surface area (Å²) in [6.07, 6.45) is 1.91. The van der Waals surface area contributed by atoms with Crippen molar-refractivity contribution in [3.05, 3.63) is 41.6 Å². The van der Waals surface area contributed by atoms with Crippen molar-refractivity contribution in [3.8, 4) is 11.8 Å². The standard InChI is InChI=1S/C13H11N3O2S/c17-7-2-1-4-10-5-3-6-11(8-10)13(18)15-12-9-14-16-19-12/h3,5-6,8-9,17H,2,7H2,(H,15,18). The number of rotatable bonds is 3. The quantitative estimate of drug-likeness (QED) is 0.831. The summed E-state index contributed by atoms with van der Waals surface area (Å²) in [4.78, 5) is 11.9. The van der Waals surface area contributed by atoms with Crippen LogP contribution in [0.25, 0.3) is 0 Å². The lowest BCUT2D eigenvalue weighted by atomic mass is 10.1. The van der Waals surface area contributed by atoms with Crippen molar-refractivity contribution < 1.29 is 9.90 Å². The number of aliphatic hydroxyl groups is 1. The van der Waals surface area contributed by atoms with E-state index in [2.05, 4.69) is 26.7 Å². The number of carbonyl (C=O) groups excluding carboxylic acids is 1. The van der Waals surface area contributed by atoms with Crippen molar-refractivity contribution in [2.24, 2.45) is 0 Å². The van der Waals surface area contributed by atoms with E-state index in [0.29, 0.717) is 17.0 Å². The fourth-order valence-electron chi connectivity index (χ4n) is 1.36. The van der Waals surface area contributed by atoms with E-state index in [0.717, 1.165) is 17.1 Å². The predicted molar refractivity (Wildman–Crippen MR) is 72.9 cm³/mol. The minimum absolute atomic E-state index is 0.0333. The van der Waals surface area contributed by atoms with Crippen LogP contribution in [0.15, 0.2) is 30.5 Å². The van der Waals surface area contributed by atoms with Gasteiger partial charge in [0.1, 0.15) is 5.00 Å². The van der Waals surface area contributed by atoms with Crippen LogP contribution in [-0.4, -0.2) is 27.2 Å². The Morgan fingerprint density at radius 3 is 3.11 bits per heavy atom. The maximum atomic E-state index is 11.9. The molecular formula is C13H11N3O2S. The van der Waals surface area contributed by atoms with Gasteiger partial charge < -0.3 is 10.4 Å². The molecule has 6 heteroatoms. The fourth-order valence-corrected chi connectivity index (χ4v) is 1.78. The number of hydrogen-bond acceptors (Lipinski definition) is 5. The van der Waals surface area contributed by atoms with E-state index in [4.69, 9.17) is 5.11 Å².